The minimum Gasteiger partial charge on any atom is -0.368 e. The van der Waals surface area contributed by atoms with Crippen molar-refractivity contribution in [3.05, 3.63) is 54.1 Å². The van der Waals surface area contributed by atoms with Crippen molar-refractivity contribution in [2.24, 2.45) is 5.92 Å². The molecule has 1 fully saturated rings. The lowest BCUT2D eigenvalue weighted by molar-refractivity contribution is -0.122. The Bertz CT molecular complexity index is 1010. The number of anilines is 1. The lowest BCUT2D eigenvalue weighted by Gasteiger charge is -2.12. The average Bonchev–Trinajstić information content (AvgIpc) is 3.34. The second kappa shape index (κ2) is 8.05. The summed E-state index contributed by atoms with van der Waals surface area (Å²) in [5, 5.41) is 23.1. The van der Waals surface area contributed by atoms with E-state index in [2.05, 4.69) is 31.9 Å². The van der Waals surface area contributed by atoms with E-state index in [0.717, 1.165) is 37.0 Å². The molecule has 1 aliphatic heterocycles. The number of hydrogen-bond donors (Lipinski definition) is 2. The molecule has 8 heteroatoms. The molecule has 0 bridgehead atoms. The largest absolute Gasteiger partial charge is 0.368 e. The van der Waals surface area contributed by atoms with E-state index < -0.39 is 0 Å². The van der Waals surface area contributed by atoms with Gasteiger partial charge < -0.3 is 10.6 Å². The molecule has 4 rings (SSSR count). The van der Waals surface area contributed by atoms with Gasteiger partial charge in [-0.3, -0.25) is 9.20 Å². The van der Waals surface area contributed by atoms with Crippen LogP contribution in [0.4, 0.5) is 5.82 Å². The van der Waals surface area contributed by atoms with Crippen LogP contribution in [0.2, 0.25) is 0 Å². The molecule has 0 saturated carbocycles. The monoisotopic (exact) mass is 375 g/mol. The number of rotatable bonds is 7. The van der Waals surface area contributed by atoms with Crippen LogP contribution in [0.1, 0.15) is 30.5 Å². The zero-order chi connectivity index (χ0) is 19.3. The maximum absolute atomic E-state index is 12.3. The molecule has 142 valence electrons. The van der Waals surface area contributed by atoms with E-state index in [4.69, 9.17) is 5.26 Å². The minimum atomic E-state index is 0.0424. The van der Waals surface area contributed by atoms with Crippen LogP contribution in [0.3, 0.4) is 0 Å². The molecule has 2 atom stereocenters. The highest BCUT2D eigenvalue weighted by Crippen LogP contribution is 2.22. The van der Waals surface area contributed by atoms with Crippen molar-refractivity contribution in [2.75, 3.05) is 11.9 Å². The Labute approximate surface area is 162 Å². The summed E-state index contributed by atoms with van der Waals surface area (Å²) in [6.07, 6.45) is 6.76. The topological polar surface area (TPSA) is 108 Å². The van der Waals surface area contributed by atoms with Gasteiger partial charge in [-0.2, -0.15) is 5.26 Å². The number of nitrogens with zero attached hydrogens (tertiary/aromatic N) is 5. The normalized spacial score (nSPS) is 18.8. The predicted octanol–water partition coefficient (Wildman–Crippen LogP) is 1.94. The third-order valence-electron chi connectivity index (χ3n) is 5.11. The number of nitriles is 1. The standard InChI is InChI=1S/C20H21N7O/c21-10-14-7-8-18(22-11-14)23-12-16-9-15(20(28)25-16)3-1-4-17-5-2-6-19-26-24-13-27(17)19/h2,5-8,11,13,15-16H,1,3-4,9,12H2,(H,22,23)(H,25,28)/t15-,16-/m0/s1. The van der Waals surface area contributed by atoms with Crippen molar-refractivity contribution in [3.8, 4) is 6.07 Å². The van der Waals surface area contributed by atoms with Gasteiger partial charge in [0.05, 0.1) is 5.56 Å². The minimum absolute atomic E-state index is 0.0424. The number of aryl methyl sites for hydroxylation is 1. The van der Waals surface area contributed by atoms with E-state index in [1.54, 1.807) is 18.5 Å². The molecule has 2 N–H and O–H groups in total. The SMILES string of the molecule is N#Cc1ccc(NC[C@@H]2C[C@H](CCCc3cccc4nncn34)C(=O)N2)nc1. The summed E-state index contributed by atoms with van der Waals surface area (Å²) in [4.78, 5) is 16.5. The summed E-state index contributed by atoms with van der Waals surface area (Å²) in [7, 11) is 0. The smallest absolute Gasteiger partial charge is 0.223 e. The fourth-order valence-corrected chi connectivity index (χ4v) is 3.64. The van der Waals surface area contributed by atoms with Crippen molar-refractivity contribution < 1.29 is 4.79 Å². The molecule has 1 saturated heterocycles. The van der Waals surface area contributed by atoms with Crippen LogP contribution in [0.25, 0.3) is 5.65 Å². The third kappa shape index (κ3) is 3.93. The number of amides is 1. The molecule has 3 aromatic heterocycles. The quantitative estimate of drug-likeness (QED) is 0.653. The average molecular weight is 375 g/mol. The molecule has 28 heavy (non-hydrogen) atoms. The summed E-state index contributed by atoms with van der Waals surface area (Å²) in [5.74, 6) is 0.877. The summed E-state index contributed by atoms with van der Waals surface area (Å²) < 4.78 is 1.99. The van der Waals surface area contributed by atoms with Crippen molar-refractivity contribution >= 4 is 17.4 Å². The summed E-state index contributed by atoms with van der Waals surface area (Å²) >= 11 is 0. The van der Waals surface area contributed by atoms with E-state index in [1.807, 2.05) is 22.6 Å². The zero-order valence-electron chi connectivity index (χ0n) is 15.4. The van der Waals surface area contributed by atoms with Gasteiger partial charge in [0.1, 0.15) is 18.2 Å². The predicted molar refractivity (Wildman–Crippen MR) is 103 cm³/mol. The van der Waals surface area contributed by atoms with Crippen LogP contribution in [0.15, 0.2) is 42.9 Å². The van der Waals surface area contributed by atoms with Gasteiger partial charge >= 0.3 is 0 Å². The second-order valence-electron chi connectivity index (χ2n) is 7.03. The van der Waals surface area contributed by atoms with E-state index in [0.29, 0.717) is 17.9 Å². The van der Waals surface area contributed by atoms with Crippen molar-refractivity contribution in [1.29, 1.82) is 5.26 Å². The molecular weight excluding hydrogens is 354 g/mol. The number of carbonyl (C=O) groups excluding carboxylic acids is 1. The lowest BCUT2D eigenvalue weighted by atomic mass is 9.97. The van der Waals surface area contributed by atoms with Gasteiger partial charge in [-0.05, 0) is 49.9 Å². The Morgan fingerprint density at radius 3 is 3.07 bits per heavy atom. The summed E-state index contributed by atoms with van der Waals surface area (Å²) in [5.41, 5.74) is 2.53. The van der Waals surface area contributed by atoms with Gasteiger partial charge in [0, 0.05) is 30.4 Å². The van der Waals surface area contributed by atoms with Gasteiger partial charge in [-0.15, -0.1) is 10.2 Å². The molecule has 0 aromatic carbocycles. The van der Waals surface area contributed by atoms with Crippen LogP contribution >= 0.6 is 0 Å². The van der Waals surface area contributed by atoms with Crippen LogP contribution in [-0.2, 0) is 11.2 Å². The van der Waals surface area contributed by atoms with Crippen LogP contribution in [-0.4, -0.2) is 38.1 Å². The second-order valence-corrected chi connectivity index (χ2v) is 7.03. The first-order valence-electron chi connectivity index (χ1n) is 9.41. The molecule has 1 aliphatic rings. The number of nitrogens with one attached hydrogen (secondary N) is 2. The Balaban J connectivity index is 1.25. The Kier molecular flexibility index (Phi) is 5.15. The van der Waals surface area contributed by atoms with Crippen LogP contribution in [0.5, 0.6) is 0 Å². The molecule has 8 nitrogen and oxygen atoms in total. The number of fused-ring (bicyclic) bond motifs is 1. The van der Waals surface area contributed by atoms with E-state index >= 15 is 0 Å². The molecule has 0 radical (unpaired) electrons. The number of aromatic nitrogens is 4. The van der Waals surface area contributed by atoms with E-state index in [9.17, 15) is 4.79 Å². The third-order valence-corrected chi connectivity index (χ3v) is 5.11. The number of hydrogen-bond acceptors (Lipinski definition) is 6. The van der Waals surface area contributed by atoms with Crippen molar-refractivity contribution in [2.45, 2.75) is 31.7 Å². The molecule has 0 aliphatic carbocycles. The first kappa shape index (κ1) is 17.9. The Hall–Kier alpha value is -3.47. The molecular formula is C20H21N7O. The zero-order valence-corrected chi connectivity index (χ0v) is 15.4. The van der Waals surface area contributed by atoms with Gasteiger partial charge in [0.15, 0.2) is 5.65 Å². The fraction of sp³-hybridized carbons (Fsp3) is 0.350. The fourth-order valence-electron chi connectivity index (χ4n) is 3.64. The highest BCUT2D eigenvalue weighted by atomic mass is 16.2. The molecule has 1 amide bonds. The van der Waals surface area contributed by atoms with Gasteiger partial charge in [0.2, 0.25) is 5.91 Å². The number of carbonyl (C=O) groups is 1. The maximum atomic E-state index is 12.3. The Morgan fingerprint density at radius 2 is 2.25 bits per heavy atom. The van der Waals surface area contributed by atoms with Crippen LogP contribution < -0.4 is 10.6 Å². The Morgan fingerprint density at radius 1 is 1.32 bits per heavy atom. The summed E-state index contributed by atoms with van der Waals surface area (Å²) in [6.45, 7) is 0.626. The first-order chi connectivity index (χ1) is 13.7. The first-order valence-corrected chi connectivity index (χ1v) is 9.41. The van der Waals surface area contributed by atoms with Crippen molar-refractivity contribution in [1.82, 2.24) is 24.9 Å². The van der Waals surface area contributed by atoms with E-state index in [-0.39, 0.29) is 17.9 Å². The number of pyridine rings is 2. The van der Waals surface area contributed by atoms with E-state index in [1.165, 1.54) is 6.20 Å². The maximum Gasteiger partial charge on any atom is 0.223 e. The highest BCUT2D eigenvalue weighted by molar-refractivity contribution is 5.81. The molecule has 4 heterocycles. The lowest BCUT2D eigenvalue weighted by Crippen LogP contribution is -2.32. The van der Waals surface area contributed by atoms with Crippen LogP contribution in [0, 0.1) is 17.2 Å². The molecule has 0 spiro atoms. The molecule has 3 aromatic rings. The van der Waals surface area contributed by atoms with Gasteiger partial charge in [-0.1, -0.05) is 6.07 Å². The summed E-state index contributed by atoms with van der Waals surface area (Å²) in [6, 6.07) is 11.6. The molecule has 0 unspecified atom stereocenters. The highest BCUT2D eigenvalue weighted by Gasteiger charge is 2.31. The van der Waals surface area contributed by atoms with Crippen molar-refractivity contribution in [3.63, 3.8) is 0 Å². The van der Waals surface area contributed by atoms with Gasteiger partial charge in [0.25, 0.3) is 0 Å². The van der Waals surface area contributed by atoms with Gasteiger partial charge in [-0.25, -0.2) is 4.98 Å².